The highest BCUT2D eigenvalue weighted by Crippen LogP contribution is 2.34. The third kappa shape index (κ3) is 8.09. The second-order valence-electron chi connectivity index (χ2n) is 7.83. The standard InChI is InChI=1S/C18H32N4O6/c1-14-10-15(14)22-8-6-20(12-17(25)26)4-2-19(11-16(23)24)3-5-21(7-9-22)13-18(27)28/h14-15H,2-13H2,1H3,(H,23,24)(H,25,26)(H,27,28). The molecule has 0 radical (unpaired) electrons. The van der Waals surface area contributed by atoms with Crippen molar-refractivity contribution < 1.29 is 29.7 Å². The average Bonchev–Trinajstić information content (AvgIpc) is 3.30. The van der Waals surface area contributed by atoms with Crippen LogP contribution in [-0.4, -0.2) is 131 Å². The van der Waals surface area contributed by atoms with Crippen molar-refractivity contribution in [1.82, 2.24) is 19.6 Å². The number of rotatable bonds is 7. The average molecular weight is 400 g/mol. The summed E-state index contributed by atoms with van der Waals surface area (Å²) in [4.78, 5) is 41.3. The van der Waals surface area contributed by atoms with Crippen molar-refractivity contribution in [3.8, 4) is 0 Å². The zero-order valence-corrected chi connectivity index (χ0v) is 16.5. The molecule has 1 aliphatic heterocycles. The van der Waals surface area contributed by atoms with Crippen molar-refractivity contribution in [2.45, 2.75) is 19.4 Å². The molecule has 2 unspecified atom stereocenters. The number of carboxylic acids is 3. The lowest BCUT2D eigenvalue weighted by atomic mass is 10.3. The second-order valence-corrected chi connectivity index (χ2v) is 7.83. The Morgan fingerprint density at radius 2 is 0.964 bits per heavy atom. The van der Waals surface area contributed by atoms with Gasteiger partial charge in [0.25, 0.3) is 0 Å². The summed E-state index contributed by atoms with van der Waals surface area (Å²) >= 11 is 0. The van der Waals surface area contributed by atoms with Gasteiger partial charge >= 0.3 is 17.9 Å². The molecular weight excluding hydrogens is 368 g/mol. The third-order valence-corrected chi connectivity index (χ3v) is 5.48. The van der Waals surface area contributed by atoms with E-state index in [0.717, 1.165) is 19.5 Å². The molecule has 28 heavy (non-hydrogen) atoms. The maximum Gasteiger partial charge on any atom is 0.317 e. The number of carbonyl (C=O) groups is 3. The van der Waals surface area contributed by atoms with Gasteiger partial charge in [-0.1, -0.05) is 6.92 Å². The van der Waals surface area contributed by atoms with Crippen molar-refractivity contribution in [1.29, 1.82) is 0 Å². The molecule has 0 aromatic rings. The fraction of sp³-hybridized carbons (Fsp3) is 0.833. The minimum absolute atomic E-state index is 0.0693. The van der Waals surface area contributed by atoms with Crippen LogP contribution < -0.4 is 0 Å². The molecule has 10 heteroatoms. The Morgan fingerprint density at radius 1 is 0.679 bits per heavy atom. The van der Waals surface area contributed by atoms with Crippen LogP contribution in [0.1, 0.15) is 13.3 Å². The Labute approximate surface area is 165 Å². The zero-order valence-electron chi connectivity index (χ0n) is 16.5. The Morgan fingerprint density at radius 3 is 1.21 bits per heavy atom. The third-order valence-electron chi connectivity index (χ3n) is 5.48. The van der Waals surface area contributed by atoms with E-state index in [1.54, 1.807) is 4.90 Å². The Bertz CT molecular complexity index is 528. The first kappa shape index (κ1) is 22.5. The number of carboxylic acid groups (broad SMARTS) is 3. The van der Waals surface area contributed by atoms with Crippen molar-refractivity contribution in [3.05, 3.63) is 0 Å². The van der Waals surface area contributed by atoms with Crippen LogP contribution in [0.5, 0.6) is 0 Å². The number of nitrogens with zero attached hydrogens (tertiary/aromatic N) is 4. The van der Waals surface area contributed by atoms with Gasteiger partial charge in [0.1, 0.15) is 0 Å². The Hall–Kier alpha value is -1.75. The van der Waals surface area contributed by atoms with E-state index >= 15 is 0 Å². The first-order valence-electron chi connectivity index (χ1n) is 9.81. The van der Waals surface area contributed by atoms with E-state index in [0.29, 0.717) is 51.2 Å². The molecule has 1 heterocycles. The molecule has 1 saturated heterocycles. The van der Waals surface area contributed by atoms with Crippen LogP contribution >= 0.6 is 0 Å². The topological polar surface area (TPSA) is 125 Å². The van der Waals surface area contributed by atoms with E-state index in [1.165, 1.54) is 0 Å². The van der Waals surface area contributed by atoms with Crippen LogP contribution in [0.4, 0.5) is 0 Å². The van der Waals surface area contributed by atoms with E-state index in [4.69, 9.17) is 5.11 Å². The van der Waals surface area contributed by atoms with E-state index in [9.17, 15) is 24.6 Å². The number of hydrogen-bond donors (Lipinski definition) is 3. The predicted molar refractivity (Wildman–Crippen MR) is 101 cm³/mol. The van der Waals surface area contributed by atoms with E-state index in [2.05, 4.69) is 11.8 Å². The first-order chi connectivity index (χ1) is 13.2. The molecule has 2 atom stereocenters. The highest BCUT2D eigenvalue weighted by molar-refractivity contribution is 5.69. The summed E-state index contributed by atoms with van der Waals surface area (Å²) in [6.07, 6.45) is 1.12. The summed E-state index contributed by atoms with van der Waals surface area (Å²) < 4.78 is 0. The van der Waals surface area contributed by atoms with Crippen LogP contribution in [0.25, 0.3) is 0 Å². The summed E-state index contributed by atoms with van der Waals surface area (Å²) in [6.45, 7) is 6.33. The SMILES string of the molecule is CC1CC1N1CCN(CC(=O)O)CCN(CC(=O)O)CCN(CC(=O)O)CC1. The second kappa shape index (κ2) is 10.7. The molecule has 1 saturated carbocycles. The molecule has 2 rings (SSSR count). The Kier molecular flexibility index (Phi) is 8.61. The highest BCUT2D eigenvalue weighted by atomic mass is 16.4. The summed E-state index contributed by atoms with van der Waals surface area (Å²) in [5.41, 5.74) is 0. The van der Waals surface area contributed by atoms with E-state index < -0.39 is 17.9 Å². The minimum Gasteiger partial charge on any atom is -0.480 e. The summed E-state index contributed by atoms with van der Waals surface area (Å²) in [6, 6.07) is 0.477. The van der Waals surface area contributed by atoms with Gasteiger partial charge in [-0.3, -0.25) is 34.0 Å². The van der Waals surface area contributed by atoms with Crippen molar-refractivity contribution in [3.63, 3.8) is 0 Å². The maximum absolute atomic E-state index is 11.2. The normalized spacial score (nSPS) is 26.9. The van der Waals surface area contributed by atoms with Crippen LogP contribution in [0, 0.1) is 5.92 Å². The van der Waals surface area contributed by atoms with Crippen LogP contribution in [-0.2, 0) is 14.4 Å². The van der Waals surface area contributed by atoms with Crippen molar-refractivity contribution in [2.75, 3.05) is 72.0 Å². The number of aliphatic carboxylic acids is 3. The molecule has 160 valence electrons. The van der Waals surface area contributed by atoms with E-state index in [1.807, 2.05) is 9.80 Å². The van der Waals surface area contributed by atoms with E-state index in [-0.39, 0.29) is 19.6 Å². The number of hydrogen-bond acceptors (Lipinski definition) is 7. The molecule has 3 N–H and O–H groups in total. The monoisotopic (exact) mass is 400 g/mol. The zero-order chi connectivity index (χ0) is 20.7. The quantitative estimate of drug-likeness (QED) is 0.483. The van der Waals surface area contributed by atoms with Crippen molar-refractivity contribution in [2.24, 2.45) is 5.92 Å². The van der Waals surface area contributed by atoms with Gasteiger partial charge in [-0.15, -0.1) is 0 Å². The first-order valence-corrected chi connectivity index (χ1v) is 9.81. The van der Waals surface area contributed by atoms with Crippen LogP contribution in [0.3, 0.4) is 0 Å². The molecule has 2 fully saturated rings. The van der Waals surface area contributed by atoms with Crippen LogP contribution in [0.15, 0.2) is 0 Å². The molecule has 0 amide bonds. The molecule has 0 aromatic heterocycles. The molecule has 0 bridgehead atoms. The van der Waals surface area contributed by atoms with Gasteiger partial charge in [0, 0.05) is 58.4 Å². The van der Waals surface area contributed by atoms with Gasteiger partial charge in [0.15, 0.2) is 0 Å². The summed E-state index contributed by atoms with van der Waals surface area (Å²) in [7, 11) is 0. The minimum atomic E-state index is -0.949. The van der Waals surface area contributed by atoms with Gasteiger partial charge < -0.3 is 15.3 Å². The van der Waals surface area contributed by atoms with Crippen molar-refractivity contribution >= 4 is 17.9 Å². The lowest BCUT2D eigenvalue weighted by Gasteiger charge is -2.33. The largest absolute Gasteiger partial charge is 0.480 e. The maximum atomic E-state index is 11.2. The molecule has 1 aliphatic carbocycles. The molecule has 0 aromatic carbocycles. The Balaban J connectivity index is 2.08. The molecule has 10 nitrogen and oxygen atoms in total. The smallest absolute Gasteiger partial charge is 0.317 e. The molecule has 0 spiro atoms. The van der Waals surface area contributed by atoms with Gasteiger partial charge in [-0.25, -0.2) is 0 Å². The molecular formula is C18H32N4O6. The van der Waals surface area contributed by atoms with Gasteiger partial charge in [0.05, 0.1) is 19.6 Å². The van der Waals surface area contributed by atoms with Crippen LogP contribution in [0.2, 0.25) is 0 Å². The highest BCUT2D eigenvalue weighted by Gasteiger charge is 2.38. The summed E-state index contributed by atoms with van der Waals surface area (Å²) in [5, 5.41) is 27.5. The summed E-state index contributed by atoms with van der Waals surface area (Å²) in [5.74, 6) is -2.12. The fourth-order valence-corrected chi connectivity index (χ4v) is 3.74. The fourth-order valence-electron chi connectivity index (χ4n) is 3.74. The predicted octanol–water partition coefficient (Wildman–Crippen LogP) is -1.13. The molecule has 2 aliphatic rings. The van der Waals surface area contributed by atoms with Gasteiger partial charge in [0.2, 0.25) is 0 Å². The lowest BCUT2D eigenvalue weighted by Crippen LogP contribution is -2.48. The van der Waals surface area contributed by atoms with Gasteiger partial charge in [-0.05, 0) is 12.3 Å². The van der Waals surface area contributed by atoms with Gasteiger partial charge in [-0.2, -0.15) is 0 Å². The lowest BCUT2D eigenvalue weighted by molar-refractivity contribution is -0.140.